The second kappa shape index (κ2) is 9.44. The molecule has 0 amide bonds. The Labute approximate surface area is 150 Å². The van der Waals surface area contributed by atoms with E-state index in [9.17, 15) is 5.11 Å². The highest BCUT2D eigenvalue weighted by atomic mass is 16.5. The van der Waals surface area contributed by atoms with Crippen LogP contribution < -0.4 is 15.2 Å². The Hall–Kier alpha value is -2.04. The Morgan fingerprint density at radius 2 is 1.72 bits per heavy atom. The van der Waals surface area contributed by atoms with Crippen LogP contribution in [0, 0.1) is 5.92 Å². The predicted octanol–water partition coefficient (Wildman–Crippen LogP) is 4.07. The molecule has 0 aliphatic heterocycles. The van der Waals surface area contributed by atoms with Gasteiger partial charge in [-0.3, -0.25) is 0 Å². The standard InChI is InChI=1S/C21H29NO3/c1-15(2)9-11-18(23)21(22)17-10-12-19(20(13-17)24-3)25-14-16-7-5-4-6-8-16/h4-8,10,12-13,15,18,21,23H,9,11,14,22H2,1-3H3/t18-,21+/m0/s1. The average Bonchev–Trinajstić information content (AvgIpc) is 2.64. The third-order valence-electron chi connectivity index (χ3n) is 4.26. The fourth-order valence-electron chi connectivity index (χ4n) is 2.65. The summed E-state index contributed by atoms with van der Waals surface area (Å²) in [5.41, 5.74) is 8.16. The zero-order chi connectivity index (χ0) is 18.2. The van der Waals surface area contributed by atoms with Crippen molar-refractivity contribution >= 4 is 0 Å². The van der Waals surface area contributed by atoms with Crippen LogP contribution >= 0.6 is 0 Å². The van der Waals surface area contributed by atoms with Crippen molar-refractivity contribution in [2.24, 2.45) is 11.7 Å². The van der Waals surface area contributed by atoms with E-state index in [4.69, 9.17) is 15.2 Å². The Balaban J connectivity index is 2.04. The Morgan fingerprint density at radius 1 is 1.00 bits per heavy atom. The Morgan fingerprint density at radius 3 is 2.36 bits per heavy atom. The molecule has 2 rings (SSSR count). The lowest BCUT2D eigenvalue weighted by atomic mass is 9.96. The third-order valence-corrected chi connectivity index (χ3v) is 4.26. The molecule has 0 radical (unpaired) electrons. The van der Waals surface area contributed by atoms with Gasteiger partial charge in [0.15, 0.2) is 11.5 Å². The number of hydrogen-bond donors (Lipinski definition) is 2. The van der Waals surface area contributed by atoms with Gasteiger partial charge in [0, 0.05) is 0 Å². The molecule has 0 heterocycles. The van der Waals surface area contributed by atoms with E-state index in [2.05, 4.69) is 13.8 Å². The van der Waals surface area contributed by atoms with Crippen molar-refractivity contribution in [3.63, 3.8) is 0 Å². The molecule has 0 aliphatic carbocycles. The molecule has 3 N–H and O–H groups in total. The molecule has 2 atom stereocenters. The molecule has 0 aliphatic rings. The highest BCUT2D eigenvalue weighted by Gasteiger charge is 2.19. The van der Waals surface area contributed by atoms with Crippen molar-refractivity contribution in [2.75, 3.05) is 7.11 Å². The van der Waals surface area contributed by atoms with Crippen molar-refractivity contribution in [1.82, 2.24) is 0 Å². The Kier molecular flexibility index (Phi) is 7.29. The first kappa shape index (κ1) is 19.3. The van der Waals surface area contributed by atoms with Crippen LogP contribution in [-0.2, 0) is 6.61 Å². The number of rotatable bonds is 9. The van der Waals surface area contributed by atoms with E-state index in [1.165, 1.54) is 0 Å². The van der Waals surface area contributed by atoms with Crippen LogP contribution in [0.25, 0.3) is 0 Å². The normalized spacial score (nSPS) is 13.5. The lowest BCUT2D eigenvalue weighted by Gasteiger charge is -2.21. The van der Waals surface area contributed by atoms with E-state index in [1.807, 2.05) is 48.5 Å². The number of methoxy groups -OCH3 is 1. The van der Waals surface area contributed by atoms with Crippen molar-refractivity contribution in [3.8, 4) is 11.5 Å². The molecule has 0 saturated heterocycles. The van der Waals surface area contributed by atoms with Gasteiger partial charge in [-0.1, -0.05) is 50.2 Å². The number of hydrogen-bond acceptors (Lipinski definition) is 4. The molecular formula is C21H29NO3. The summed E-state index contributed by atoms with van der Waals surface area (Å²) >= 11 is 0. The van der Waals surface area contributed by atoms with Gasteiger partial charge in [-0.05, 0) is 42.0 Å². The van der Waals surface area contributed by atoms with E-state index in [0.717, 1.165) is 17.5 Å². The molecule has 0 bridgehead atoms. The van der Waals surface area contributed by atoms with Crippen LogP contribution in [0.4, 0.5) is 0 Å². The van der Waals surface area contributed by atoms with Crippen LogP contribution in [-0.4, -0.2) is 18.3 Å². The molecule has 2 aromatic rings. The molecule has 0 unspecified atom stereocenters. The average molecular weight is 343 g/mol. The summed E-state index contributed by atoms with van der Waals surface area (Å²) in [6.45, 7) is 4.75. The molecular weight excluding hydrogens is 314 g/mol. The van der Waals surface area contributed by atoms with E-state index in [0.29, 0.717) is 30.4 Å². The van der Waals surface area contributed by atoms with Gasteiger partial charge in [0.25, 0.3) is 0 Å². The fourth-order valence-corrected chi connectivity index (χ4v) is 2.65. The van der Waals surface area contributed by atoms with Gasteiger partial charge in [-0.15, -0.1) is 0 Å². The van der Waals surface area contributed by atoms with Gasteiger partial charge in [-0.25, -0.2) is 0 Å². The molecule has 25 heavy (non-hydrogen) atoms. The molecule has 2 aromatic carbocycles. The number of ether oxygens (including phenoxy) is 2. The van der Waals surface area contributed by atoms with E-state index in [-0.39, 0.29) is 0 Å². The maximum atomic E-state index is 10.3. The van der Waals surface area contributed by atoms with Crippen molar-refractivity contribution in [2.45, 2.75) is 45.4 Å². The molecule has 0 fully saturated rings. The van der Waals surface area contributed by atoms with Crippen molar-refractivity contribution in [3.05, 3.63) is 59.7 Å². The van der Waals surface area contributed by atoms with Gasteiger partial charge >= 0.3 is 0 Å². The maximum absolute atomic E-state index is 10.3. The summed E-state index contributed by atoms with van der Waals surface area (Å²) < 4.78 is 11.3. The SMILES string of the molecule is COc1cc([C@@H](N)[C@@H](O)CCC(C)C)ccc1OCc1ccccc1. The van der Waals surface area contributed by atoms with Crippen LogP contribution in [0.3, 0.4) is 0 Å². The highest BCUT2D eigenvalue weighted by Crippen LogP contribution is 2.32. The summed E-state index contributed by atoms with van der Waals surface area (Å²) in [4.78, 5) is 0. The third kappa shape index (κ3) is 5.76. The fraction of sp³-hybridized carbons (Fsp3) is 0.429. The van der Waals surface area contributed by atoms with Gasteiger partial charge < -0.3 is 20.3 Å². The second-order valence-electron chi connectivity index (χ2n) is 6.75. The van der Waals surface area contributed by atoms with Crippen LogP contribution in [0.2, 0.25) is 0 Å². The monoisotopic (exact) mass is 343 g/mol. The number of aliphatic hydroxyl groups is 1. The first-order chi connectivity index (χ1) is 12.0. The predicted molar refractivity (Wildman–Crippen MR) is 101 cm³/mol. The zero-order valence-corrected chi connectivity index (χ0v) is 15.3. The van der Waals surface area contributed by atoms with Crippen molar-refractivity contribution in [1.29, 1.82) is 0 Å². The minimum Gasteiger partial charge on any atom is -0.493 e. The van der Waals surface area contributed by atoms with E-state index in [1.54, 1.807) is 7.11 Å². The molecule has 0 spiro atoms. The van der Waals surface area contributed by atoms with Gasteiger partial charge in [0.2, 0.25) is 0 Å². The smallest absolute Gasteiger partial charge is 0.161 e. The number of benzene rings is 2. The zero-order valence-electron chi connectivity index (χ0n) is 15.3. The van der Waals surface area contributed by atoms with Crippen LogP contribution in [0.15, 0.2) is 48.5 Å². The lowest BCUT2D eigenvalue weighted by Crippen LogP contribution is -2.26. The minimum atomic E-state index is -0.566. The van der Waals surface area contributed by atoms with Crippen LogP contribution in [0.1, 0.15) is 43.9 Å². The van der Waals surface area contributed by atoms with Gasteiger partial charge in [-0.2, -0.15) is 0 Å². The van der Waals surface area contributed by atoms with E-state index < -0.39 is 12.1 Å². The number of aliphatic hydroxyl groups excluding tert-OH is 1. The molecule has 0 saturated carbocycles. The summed E-state index contributed by atoms with van der Waals surface area (Å²) in [6, 6.07) is 15.1. The lowest BCUT2D eigenvalue weighted by molar-refractivity contribution is 0.128. The van der Waals surface area contributed by atoms with E-state index >= 15 is 0 Å². The first-order valence-electron chi connectivity index (χ1n) is 8.79. The maximum Gasteiger partial charge on any atom is 0.161 e. The molecule has 136 valence electrons. The first-order valence-corrected chi connectivity index (χ1v) is 8.79. The summed E-state index contributed by atoms with van der Waals surface area (Å²) in [6.07, 6.45) is 1.07. The van der Waals surface area contributed by atoms with Crippen molar-refractivity contribution < 1.29 is 14.6 Å². The summed E-state index contributed by atoms with van der Waals surface area (Å²) in [5, 5.41) is 10.3. The topological polar surface area (TPSA) is 64.7 Å². The van der Waals surface area contributed by atoms with Gasteiger partial charge in [0.05, 0.1) is 19.3 Å². The largest absolute Gasteiger partial charge is 0.493 e. The molecule has 4 heteroatoms. The highest BCUT2D eigenvalue weighted by molar-refractivity contribution is 5.44. The van der Waals surface area contributed by atoms with Crippen LogP contribution in [0.5, 0.6) is 11.5 Å². The summed E-state index contributed by atoms with van der Waals surface area (Å²) in [7, 11) is 1.61. The second-order valence-corrected chi connectivity index (χ2v) is 6.75. The number of nitrogens with two attached hydrogens (primary N) is 1. The Bertz CT molecular complexity index is 643. The van der Waals surface area contributed by atoms with Gasteiger partial charge in [0.1, 0.15) is 6.61 Å². The minimum absolute atomic E-state index is 0.434. The molecule has 4 nitrogen and oxygen atoms in total. The summed E-state index contributed by atoms with van der Waals surface area (Å²) in [5.74, 6) is 1.84. The molecule has 0 aromatic heterocycles. The quantitative estimate of drug-likeness (QED) is 0.720.